The summed E-state index contributed by atoms with van der Waals surface area (Å²) < 4.78 is 71.5. The van der Waals surface area contributed by atoms with Gasteiger partial charge < -0.3 is 36.0 Å². The molecular weight excluding hydrogens is 633 g/mol. The Labute approximate surface area is 245 Å². The van der Waals surface area contributed by atoms with Crippen LogP contribution in [0.1, 0.15) is 12.5 Å². The zero-order chi connectivity index (χ0) is 31.0. The lowest BCUT2D eigenvalue weighted by molar-refractivity contribution is -0.0542. The maximum atomic E-state index is 13.1. The summed E-state index contributed by atoms with van der Waals surface area (Å²) >= 11 is 0. The van der Waals surface area contributed by atoms with Gasteiger partial charge in [0.05, 0.1) is 19.3 Å². The minimum atomic E-state index is -5.01. The molecule has 22 nitrogen and oxygen atoms in total. The molecule has 3 saturated heterocycles. The Morgan fingerprint density at radius 3 is 2.09 bits per heavy atom. The van der Waals surface area contributed by atoms with Crippen LogP contribution in [0, 0.1) is 0 Å². The van der Waals surface area contributed by atoms with Crippen molar-refractivity contribution < 1.29 is 50.8 Å². The average Bonchev–Trinajstić information content (AvgIpc) is 3.73. The lowest BCUT2D eigenvalue weighted by Gasteiger charge is -2.24. The maximum Gasteiger partial charge on any atom is 0.472 e. The number of aliphatic hydroxyl groups excluding tert-OH is 2. The van der Waals surface area contributed by atoms with Crippen molar-refractivity contribution in [2.24, 2.45) is 0 Å². The summed E-state index contributed by atoms with van der Waals surface area (Å²) in [4.78, 5) is 34.7. The Kier molecular flexibility index (Phi) is 7.02. The fraction of sp³-hybridized carbons (Fsp3) is 0.500. The number of nitrogens with zero attached hydrogens (tertiary/aromatic N) is 8. The van der Waals surface area contributed by atoms with Gasteiger partial charge in [-0.2, -0.15) is 13.1 Å². The van der Waals surface area contributed by atoms with Gasteiger partial charge in [0, 0.05) is 6.54 Å². The molecule has 9 unspecified atom stereocenters. The number of fused-ring (bicyclic) bond motifs is 5. The number of aromatic nitrogens is 8. The van der Waals surface area contributed by atoms with Gasteiger partial charge in [-0.1, -0.05) is 0 Å². The molecule has 0 aromatic carbocycles. The number of ether oxygens (including phenoxy) is 2. The first kappa shape index (κ1) is 29.2. The quantitative estimate of drug-likeness (QED) is 0.118. The summed E-state index contributed by atoms with van der Waals surface area (Å²) in [5.41, 5.74) is 12.3. The molecule has 0 aliphatic carbocycles. The summed E-state index contributed by atoms with van der Waals surface area (Å²) in [6.07, 6.45) is -7.30. The standard InChI is InChI=1S/C20H24N11O11PS/c21-15-9-17(25-3-23-15)30(5-27-9)19-12(33)13-7(39-19)1-29-44(36,37)42-14-11(32)8(2-38-43(34,35)41-13)40-20(14)31-6-28-10-16(22)24-4-26-18(10)31/h3-8,11-14,19-20,29,32-33H,1-2H2,(H,34,35)(H2,21,23,25)(H2,22,24,26). The van der Waals surface area contributed by atoms with E-state index in [0.29, 0.717) is 0 Å². The Bertz CT molecular complexity index is 1890. The molecule has 0 radical (unpaired) electrons. The third-order valence-electron chi connectivity index (χ3n) is 7.30. The van der Waals surface area contributed by atoms with Crippen LogP contribution >= 0.6 is 7.82 Å². The second-order valence-corrected chi connectivity index (χ2v) is 12.8. The van der Waals surface area contributed by atoms with Gasteiger partial charge in [0.2, 0.25) is 0 Å². The second kappa shape index (κ2) is 10.6. The number of anilines is 2. The molecule has 0 saturated carbocycles. The van der Waals surface area contributed by atoms with Gasteiger partial charge in [0.25, 0.3) is 0 Å². The van der Waals surface area contributed by atoms with E-state index < -0.39 is 80.4 Å². The summed E-state index contributed by atoms with van der Waals surface area (Å²) in [5, 5.41) is 22.1. The Balaban J connectivity index is 1.20. The van der Waals surface area contributed by atoms with Crippen LogP contribution in [0.3, 0.4) is 0 Å². The highest BCUT2D eigenvalue weighted by atomic mass is 32.2. The van der Waals surface area contributed by atoms with Crippen LogP contribution in [-0.4, -0.2) is 112 Å². The van der Waals surface area contributed by atoms with E-state index in [2.05, 4.69) is 34.6 Å². The molecule has 3 fully saturated rings. The van der Waals surface area contributed by atoms with E-state index >= 15 is 0 Å². The predicted molar refractivity (Wildman–Crippen MR) is 142 cm³/mol. The number of hydrogen-bond donors (Lipinski definition) is 6. The smallest absolute Gasteiger partial charge is 0.387 e. The van der Waals surface area contributed by atoms with Gasteiger partial charge in [-0.15, -0.1) is 0 Å². The lowest BCUT2D eigenvalue weighted by Crippen LogP contribution is -2.44. The van der Waals surface area contributed by atoms with Crippen molar-refractivity contribution in [3.63, 3.8) is 0 Å². The van der Waals surface area contributed by atoms with Crippen molar-refractivity contribution >= 4 is 52.1 Å². The number of phosphoric ester groups is 1. The third-order valence-corrected chi connectivity index (χ3v) is 9.28. The molecule has 0 spiro atoms. The van der Waals surface area contributed by atoms with Crippen molar-refractivity contribution in [2.45, 2.75) is 49.1 Å². The zero-order valence-corrected chi connectivity index (χ0v) is 23.7. The number of phosphoric acid groups is 1. The Morgan fingerprint density at radius 1 is 0.864 bits per heavy atom. The van der Waals surface area contributed by atoms with Crippen LogP contribution < -0.4 is 16.2 Å². The normalized spacial score (nSPS) is 36.1. The van der Waals surface area contributed by atoms with Crippen molar-refractivity contribution in [1.82, 2.24) is 43.8 Å². The van der Waals surface area contributed by atoms with E-state index in [-0.39, 0.29) is 34.0 Å². The highest BCUT2D eigenvalue weighted by molar-refractivity contribution is 7.84. The molecule has 0 amide bonds. The van der Waals surface area contributed by atoms with Crippen molar-refractivity contribution in [3.05, 3.63) is 25.3 Å². The highest BCUT2D eigenvalue weighted by Gasteiger charge is 2.53. The molecule has 3 aliphatic rings. The van der Waals surface area contributed by atoms with E-state index in [1.165, 1.54) is 21.8 Å². The van der Waals surface area contributed by atoms with Gasteiger partial charge in [0.1, 0.15) is 54.2 Å². The number of nitrogens with two attached hydrogens (primary N) is 2. The van der Waals surface area contributed by atoms with Crippen LogP contribution in [0.15, 0.2) is 25.3 Å². The molecule has 2 bridgehead atoms. The number of nitrogen functional groups attached to an aromatic ring is 2. The molecule has 4 aromatic heterocycles. The van der Waals surface area contributed by atoms with E-state index in [9.17, 15) is 28.1 Å². The second-order valence-electron chi connectivity index (χ2n) is 9.98. The largest absolute Gasteiger partial charge is 0.472 e. The number of hydrogen-bond acceptors (Lipinski definition) is 18. The zero-order valence-electron chi connectivity index (χ0n) is 22.0. The Morgan fingerprint density at radius 2 is 1.45 bits per heavy atom. The van der Waals surface area contributed by atoms with Gasteiger partial charge in [-0.05, 0) is 0 Å². The third kappa shape index (κ3) is 4.96. The first-order valence-corrected chi connectivity index (χ1v) is 15.7. The minimum absolute atomic E-state index is 0.0330. The molecule has 7 rings (SSSR count). The molecular formula is C20H24N11O11PS. The fourth-order valence-electron chi connectivity index (χ4n) is 5.26. The van der Waals surface area contributed by atoms with E-state index in [1.807, 2.05) is 0 Å². The molecule has 236 valence electrons. The van der Waals surface area contributed by atoms with Crippen molar-refractivity contribution in [1.29, 1.82) is 0 Å². The monoisotopic (exact) mass is 657 g/mol. The maximum absolute atomic E-state index is 13.1. The molecule has 7 heterocycles. The summed E-state index contributed by atoms with van der Waals surface area (Å²) in [6.45, 7) is -1.39. The van der Waals surface area contributed by atoms with Gasteiger partial charge >= 0.3 is 18.1 Å². The molecule has 3 aliphatic heterocycles. The van der Waals surface area contributed by atoms with Gasteiger partial charge in [-0.25, -0.2) is 38.7 Å². The number of nitrogens with one attached hydrogen (secondary N) is 1. The summed E-state index contributed by atoms with van der Waals surface area (Å²) in [7, 11) is -9.71. The lowest BCUT2D eigenvalue weighted by atomic mass is 10.1. The highest BCUT2D eigenvalue weighted by Crippen LogP contribution is 2.49. The summed E-state index contributed by atoms with van der Waals surface area (Å²) in [5.74, 6) is 0.0841. The summed E-state index contributed by atoms with van der Waals surface area (Å²) in [6, 6.07) is 0. The van der Waals surface area contributed by atoms with E-state index in [4.69, 9.17) is 34.2 Å². The van der Waals surface area contributed by atoms with Crippen LogP contribution in [0.25, 0.3) is 22.3 Å². The van der Waals surface area contributed by atoms with Crippen LogP contribution in [0.4, 0.5) is 11.6 Å². The molecule has 4 aromatic rings. The van der Waals surface area contributed by atoms with Gasteiger partial charge in [0.15, 0.2) is 41.5 Å². The van der Waals surface area contributed by atoms with Crippen molar-refractivity contribution in [3.8, 4) is 0 Å². The number of aliphatic hydroxyl groups is 2. The van der Waals surface area contributed by atoms with Gasteiger partial charge in [-0.3, -0.25) is 18.2 Å². The minimum Gasteiger partial charge on any atom is -0.387 e. The number of imidazole rings is 2. The van der Waals surface area contributed by atoms with E-state index in [1.54, 1.807) is 0 Å². The first-order valence-electron chi connectivity index (χ1n) is 12.8. The number of rotatable bonds is 2. The van der Waals surface area contributed by atoms with Crippen LogP contribution in [0.5, 0.6) is 0 Å². The molecule has 8 N–H and O–H groups in total. The van der Waals surface area contributed by atoms with Crippen LogP contribution in [-0.2, 0) is 37.6 Å². The predicted octanol–water partition coefficient (Wildman–Crippen LogP) is -2.92. The van der Waals surface area contributed by atoms with E-state index in [0.717, 1.165) is 12.7 Å². The molecule has 24 heteroatoms. The Hall–Kier alpha value is -3.48. The molecule has 44 heavy (non-hydrogen) atoms. The molecule has 9 atom stereocenters. The van der Waals surface area contributed by atoms with Crippen LogP contribution in [0.2, 0.25) is 0 Å². The first-order chi connectivity index (χ1) is 20.9. The topological polar surface area (TPSA) is 309 Å². The fourth-order valence-corrected chi connectivity index (χ4v) is 7.16. The average molecular weight is 658 g/mol. The van der Waals surface area contributed by atoms with Crippen molar-refractivity contribution in [2.75, 3.05) is 24.6 Å². The SMILES string of the molecule is Nc1ncnc2c1ncn2C1OC2CNS(=O)(=O)OC3C(O)C(COP(=O)(O)OC2C1O)OC3n1cnc2c(N)ncnc21.